The second kappa shape index (κ2) is 3.90. The molecule has 0 amide bonds. The van der Waals surface area contributed by atoms with Crippen molar-refractivity contribution in [3.63, 3.8) is 0 Å². The summed E-state index contributed by atoms with van der Waals surface area (Å²) in [4.78, 5) is 0. The van der Waals surface area contributed by atoms with Crippen LogP contribution in [0.15, 0.2) is 0 Å². The van der Waals surface area contributed by atoms with Crippen molar-refractivity contribution in [2.24, 2.45) is 5.73 Å². The van der Waals surface area contributed by atoms with Gasteiger partial charge in [0.1, 0.15) is 0 Å². The Hall–Kier alpha value is -0.130. The first-order valence-corrected chi connectivity index (χ1v) is 4.85. The highest BCUT2D eigenvalue weighted by molar-refractivity contribution is 7.86. The van der Waals surface area contributed by atoms with E-state index in [0.29, 0.717) is 13.0 Å². The molecule has 5 heteroatoms. The molecular formula is C5H13NO3S. The van der Waals surface area contributed by atoms with E-state index in [2.05, 4.69) is 4.18 Å². The van der Waals surface area contributed by atoms with E-state index in [4.69, 9.17) is 5.73 Å². The van der Waals surface area contributed by atoms with Crippen LogP contribution in [-0.2, 0) is 14.3 Å². The minimum atomic E-state index is -3.30. The Balaban J connectivity index is 3.69. The van der Waals surface area contributed by atoms with Gasteiger partial charge in [-0.15, -0.1) is 0 Å². The van der Waals surface area contributed by atoms with Crippen molar-refractivity contribution < 1.29 is 12.6 Å². The van der Waals surface area contributed by atoms with Gasteiger partial charge in [0.25, 0.3) is 10.1 Å². The molecule has 0 spiro atoms. The molecule has 2 N–H and O–H groups in total. The fraction of sp³-hybridized carbons (Fsp3) is 1.00. The predicted octanol–water partition coefficient (Wildman–Crippen LogP) is -0.300. The number of hydrogen-bond acceptors (Lipinski definition) is 4. The molecule has 0 fully saturated rings. The molecular weight excluding hydrogens is 154 g/mol. The molecule has 0 saturated carbocycles. The van der Waals surface area contributed by atoms with Crippen LogP contribution in [0.25, 0.3) is 0 Å². The lowest BCUT2D eigenvalue weighted by atomic mass is 10.3. The Morgan fingerprint density at radius 1 is 1.60 bits per heavy atom. The van der Waals surface area contributed by atoms with Crippen LogP contribution in [-0.4, -0.2) is 27.3 Å². The monoisotopic (exact) mass is 167 g/mol. The van der Waals surface area contributed by atoms with Crippen molar-refractivity contribution in [1.29, 1.82) is 0 Å². The molecule has 1 atom stereocenters. The standard InChI is InChI=1S/C5H13NO3S/c1-5(3-4-6)9-10(2,7)8/h5H,3-4,6H2,1-2H3. The molecule has 0 saturated heterocycles. The highest BCUT2D eigenvalue weighted by Gasteiger charge is 2.08. The third kappa shape index (κ3) is 6.00. The fourth-order valence-electron chi connectivity index (χ4n) is 0.581. The highest BCUT2D eigenvalue weighted by Crippen LogP contribution is 1.99. The quantitative estimate of drug-likeness (QED) is 0.584. The minimum Gasteiger partial charge on any atom is -0.330 e. The maximum absolute atomic E-state index is 10.5. The van der Waals surface area contributed by atoms with Crippen LogP contribution in [0.4, 0.5) is 0 Å². The molecule has 0 rings (SSSR count). The van der Waals surface area contributed by atoms with E-state index in [1.165, 1.54) is 0 Å². The summed E-state index contributed by atoms with van der Waals surface area (Å²) >= 11 is 0. The maximum atomic E-state index is 10.5. The second-order valence-corrected chi connectivity index (χ2v) is 3.79. The van der Waals surface area contributed by atoms with Gasteiger partial charge in [0, 0.05) is 0 Å². The van der Waals surface area contributed by atoms with Gasteiger partial charge in [-0.25, -0.2) is 0 Å². The van der Waals surface area contributed by atoms with E-state index in [1.807, 2.05) is 0 Å². The van der Waals surface area contributed by atoms with E-state index in [0.717, 1.165) is 6.26 Å². The van der Waals surface area contributed by atoms with E-state index in [9.17, 15) is 8.42 Å². The van der Waals surface area contributed by atoms with Gasteiger partial charge < -0.3 is 5.73 Å². The van der Waals surface area contributed by atoms with Crippen molar-refractivity contribution in [3.05, 3.63) is 0 Å². The summed E-state index contributed by atoms with van der Waals surface area (Å²) in [6.45, 7) is 2.12. The summed E-state index contributed by atoms with van der Waals surface area (Å²) in [7, 11) is -3.30. The van der Waals surface area contributed by atoms with E-state index >= 15 is 0 Å². The largest absolute Gasteiger partial charge is 0.330 e. The normalized spacial score (nSPS) is 15.1. The molecule has 0 aliphatic carbocycles. The molecule has 0 aromatic rings. The smallest absolute Gasteiger partial charge is 0.264 e. The van der Waals surface area contributed by atoms with Crippen LogP contribution >= 0.6 is 0 Å². The van der Waals surface area contributed by atoms with Gasteiger partial charge in [0.2, 0.25) is 0 Å². The molecule has 0 aromatic heterocycles. The Bertz CT molecular complexity index is 175. The molecule has 0 aromatic carbocycles. The SMILES string of the molecule is CC(CCN)OS(C)(=O)=O. The van der Waals surface area contributed by atoms with Crippen LogP contribution in [0.1, 0.15) is 13.3 Å². The van der Waals surface area contributed by atoms with Crippen LogP contribution in [0.5, 0.6) is 0 Å². The lowest BCUT2D eigenvalue weighted by Crippen LogP contribution is -2.17. The van der Waals surface area contributed by atoms with Gasteiger partial charge in [-0.2, -0.15) is 8.42 Å². The van der Waals surface area contributed by atoms with Crippen molar-refractivity contribution in [2.75, 3.05) is 12.8 Å². The first-order valence-electron chi connectivity index (χ1n) is 3.04. The summed E-state index contributed by atoms with van der Waals surface area (Å²) in [6, 6.07) is 0. The molecule has 4 nitrogen and oxygen atoms in total. The first-order chi connectivity index (χ1) is 4.45. The number of nitrogens with two attached hydrogens (primary N) is 1. The summed E-state index contributed by atoms with van der Waals surface area (Å²) in [6.07, 6.45) is 1.28. The van der Waals surface area contributed by atoms with Gasteiger partial charge in [-0.3, -0.25) is 4.18 Å². The molecule has 62 valence electrons. The number of rotatable bonds is 4. The topological polar surface area (TPSA) is 69.4 Å². The lowest BCUT2D eigenvalue weighted by molar-refractivity contribution is 0.223. The van der Waals surface area contributed by atoms with Gasteiger partial charge in [-0.05, 0) is 19.9 Å². The molecule has 0 aliphatic heterocycles. The second-order valence-electron chi connectivity index (χ2n) is 2.19. The molecule has 10 heavy (non-hydrogen) atoms. The Labute approximate surface area is 61.5 Å². The zero-order chi connectivity index (χ0) is 8.20. The highest BCUT2D eigenvalue weighted by atomic mass is 32.2. The van der Waals surface area contributed by atoms with Crippen molar-refractivity contribution in [1.82, 2.24) is 0 Å². The zero-order valence-electron chi connectivity index (χ0n) is 6.20. The van der Waals surface area contributed by atoms with Crippen LogP contribution < -0.4 is 5.73 Å². The molecule has 0 heterocycles. The summed E-state index contributed by atoms with van der Waals surface area (Å²) < 4.78 is 25.5. The zero-order valence-corrected chi connectivity index (χ0v) is 7.02. The fourth-order valence-corrected chi connectivity index (χ4v) is 1.27. The van der Waals surface area contributed by atoms with Gasteiger partial charge in [0.15, 0.2) is 0 Å². The average molecular weight is 167 g/mol. The first kappa shape index (κ1) is 9.87. The third-order valence-electron chi connectivity index (χ3n) is 0.912. The van der Waals surface area contributed by atoms with Crippen molar-refractivity contribution in [3.8, 4) is 0 Å². The van der Waals surface area contributed by atoms with Crippen LogP contribution in [0, 0.1) is 0 Å². The molecule has 1 unspecified atom stereocenters. The van der Waals surface area contributed by atoms with E-state index < -0.39 is 10.1 Å². The summed E-state index contributed by atoms with van der Waals surface area (Å²) in [5.74, 6) is 0. The number of hydrogen-bond donors (Lipinski definition) is 1. The summed E-state index contributed by atoms with van der Waals surface area (Å²) in [5, 5.41) is 0. The van der Waals surface area contributed by atoms with E-state index in [1.54, 1.807) is 6.92 Å². The van der Waals surface area contributed by atoms with Crippen LogP contribution in [0.3, 0.4) is 0 Å². The van der Waals surface area contributed by atoms with Crippen LogP contribution in [0.2, 0.25) is 0 Å². The minimum absolute atomic E-state index is 0.306. The summed E-state index contributed by atoms with van der Waals surface area (Å²) in [5.41, 5.74) is 5.17. The molecule has 0 radical (unpaired) electrons. The van der Waals surface area contributed by atoms with Crippen molar-refractivity contribution >= 4 is 10.1 Å². The average Bonchev–Trinajstić information content (AvgIpc) is 1.59. The van der Waals surface area contributed by atoms with Crippen molar-refractivity contribution in [2.45, 2.75) is 19.4 Å². The van der Waals surface area contributed by atoms with Gasteiger partial charge in [0.05, 0.1) is 12.4 Å². The Morgan fingerprint density at radius 2 is 2.10 bits per heavy atom. The molecule has 0 aliphatic rings. The predicted molar refractivity (Wildman–Crippen MR) is 39.1 cm³/mol. The van der Waals surface area contributed by atoms with Gasteiger partial charge in [-0.1, -0.05) is 0 Å². The van der Waals surface area contributed by atoms with Gasteiger partial charge >= 0.3 is 0 Å². The Kier molecular flexibility index (Phi) is 3.85. The maximum Gasteiger partial charge on any atom is 0.264 e. The lowest BCUT2D eigenvalue weighted by Gasteiger charge is -2.07. The third-order valence-corrected chi connectivity index (χ3v) is 1.59. The van der Waals surface area contributed by atoms with E-state index in [-0.39, 0.29) is 6.10 Å². The molecule has 0 bridgehead atoms. The Morgan fingerprint density at radius 3 is 2.40 bits per heavy atom.